The van der Waals surface area contributed by atoms with Crippen LogP contribution in [0.25, 0.3) is 0 Å². The zero-order valence-corrected chi connectivity index (χ0v) is 12.0. The number of nitrogens with zero attached hydrogens (tertiary/aromatic N) is 1. The molecule has 1 amide bonds. The zero-order chi connectivity index (χ0) is 16.6. The van der Waals surface area contributed by atoms with Crippen LogP contribution >= 0.6 is 0 Å². The highest BCUT2D eigenvalue weighted by molar-refractivity contribution is 5.76. The maximum atomic E-state index is 12.2. The number of halogens is 3. The summed E-state index contributed by atoms with van der Waals surface area (Å²) in [7, 11) is 0. The van der Waals surface area contributed by atoms with Crippen molar-refractivity contribution in [1.29, 1.82) is 0 Å². The van der Waals surface area contributed by atoms with Crippen LogP contribution in [0.3, 0.4) is 0 Å². The van der Waals surface area contributed by atoms with E-state index in [4.69, 9.17) is 5.11 Å². The summed E-state index contributed by atoms with van der Waals surface area (Å²) in [6.45, 7) is 0.301. The molecule has 0 saturated carbocycles. The van der Waals surface area contributed by atoms with Crippen molar-refractivity contribution in [3.63, 3.8) is 0 Å². The molecule has 22 heavy (non-hydrogen) atoms. The Morgan fingerprint density at radius 2 is 1.73 bits per heavy atom. The quantitative estimate of drug-likeness (QED) is 0.801. The highest BCUT2D eigenvalue weighted by atomic mass is 19.4. The van der Waals surface area contributed by atoms with Crippen molar-refractivity contribution in [2.24, 2.45) is 0 Å². The Labute approximate surface area is 126 Å². The van der Waals surface area contributed by atoms with Gasteiger partial charge in [0.2, 0.25) is 5.91 Å². The van der Waals surface area contributed by atoms with Crippen LogP contribution in [0, 0.1) is 0 Å². The number of benzene rings is 1. The minimum Gasteiger partial charge on any atom is -0.481 e. The van der Waals surface area contributed by atoms with Gasteiger partial charge in [0.25, 0.3) is 0 Å². The molecule has 0 spiro atoms. The van der Waals surface area contributed by atoms with Crippen molar-refractivity contribution < 1.29 is 27.9 Å². The Hall–Kier alpha value is -2.05. The second-order valence-corrected chi connectivity index (χ2v) is 4.91. The van der Waals surface area contributed by atoms with Gasteiger partial charge in [0.05, 0.1) is 6.42 Å². The molecule has 1 aromatic carbocycles. The molecule has 1 N–H and O–H groups in total. The largest absolute Gasteiger partial charge is 0.481 e. The van der Waals surface area contributed by atoms with Crippen molar-refractivity contribution in [3.05, 3.63) is 35.9 Å². The summed E-state index contributed by atoms with van der Waals surface area (Å²) < 4.78 is 36.6. The predicted octanol–water partition coefficient (Wildman–Crippen LogP) is 3.22. The third kappa shape index (κ3) is 7.66. The third-order valence-corrected chi connectivity index (χ3v) is 3.01. The van der Waals surface area contributed by atoms with Crippen molar-refractivity contribution in [2.45, 2.75) is 38.4 Å². The van der Waals surface area contributed by atoms with Gasteiger partial charge in [-0.2, -0.15) is 13.2 Å². The summed E-state index contributed by atoms with van der Waals surface area (Å²) >= 11 is 0. The molecule has 0 aromatic heterocycles. The number of carbonyl (C=O) groups excluding carboxylic acids is 1. The van der Waals surface area contributed by atoms with E-state index in [0.717, 1.165) is 5.56 Å². The summed E-state index contributed by atoms with van der Waals surface area (Å²) in [5.41, 5.74) is 0.790. The fraction of sp³-hybridized carbons (Fsp3) is 0.467. The smallest absolute Gasteiger partial charge is 0.389 e. The van der Waals surface area contributed by atoms with Gasteiger partial charge in [-0.1, -0.05) is 30.3 Å². The van der Waals surface area contributed by atoms with E-state index in [1.54, 1.807) is 30.3 Å². The first kappa shape index (κ1) is 18.0. The van der Waals surface area contributed by atoms with Crippen LogP contribution in [0.4, 0.5) is 13.2 Å². The minimum absolute atomic E-state index is 0.123. The van der Waals surface area contributed by atoms with Gasteiger partial charge in [-0.05, 0) is 12.0 Å². The number of hydrogen-bond acceptors (Lipinski definition) is 2. The van der Waals surface area contributed by atoms with Gasteiger partial charge < -0.3 is 10.0 Å². The van der Waals surface area contributed by atoms with Gasteiger partial charge in [0.15, 0.2) is 0 Å². The Bertz CT molecular complexity index is 489. The van der Waals surface area contributed by atoms with Gasteiger partial charge in [-0.25, -0.2) is 0 Å². The van der Waals surface area contributed by atoms with Crippen LogP contribution in [0.1, 0.15) is 31.2 Å². The minimum atomic E-state index is -4.38. The van der Waals surface area contributed by atoms with E-state index >= 15 is 0 Å². The van der Waals surface area contributed by atoms with E-state index in [1.807, 2.05) is 0 Å². The van der Waals surface area contributed by atoms with E-state index in [0.29, 0.717) is 0 Å². The van der Waals surface area contributed by atoms with Crippen LogP contribution < -0.4 is 0 Å². The first-order chi connectivity index (χ1) is 10.3. The highest BCUT2D eigenvalue weighted by Gasteiger charge is 2.29. The second kappa shape index (κ2) is 8.41. The predicted molar refractivity (Wildman–Crippen MR) is 74.0 cm³/mol. The van der Waals surface area contributed by atoms with E-state index in [9.17, 15) is 22.8 Å². The van der Waals surface area contributed by atoms with Crippen LogP contribution in [-0.4, -0.2) is 34.6 Å². The molecule has 0 radical (unpaired) electrons. The first-order valence-corrected chi connectivity index (χ1v) is 6.88. The second-order valence-electron chi connectivity index (χ2n) is 4.91. The van der Waals surface area contributed by atoms with Gasteiger partial charge >= 0.3 is 12.1 Å². The Kier molecular flexibility index (Phi) is 6.88. The van der Waals surface area contributed by atoms with Gasteiger partial charge in [-0.3, -0.25) is 9.59 Å². The molecule has 0 saturated heterocycles. The summed E-state index contributed by atoms with van der Waals surface area (Å²) in [4.78, 5) is 23.7. The molecule has 1 rings (SSSR count). The number of rotatable bonds is 8. The maximum absolute atomic E-state index is 12.2. The fourth-order valence-corrected chi connectivity index (χ4v) is 1.92. The first-order valence-electron chi connectivity index (χ1n) is 6.88. The maximum Gasteiger partial charge on any atom is 0.389 e. The Morgan fingerprint density at radius 1 is 1.09 bits per heavy atom. The molecule has 1 aromatic rings. The van der Waals surface area contributed by atoms with E-state index < -0.39 is 30.9 Å². The standard InChI is InChI=1S/C15H18F3NO3/c16-15(17,18)9-8-13(20)19(10-4-7-14(21)22)11-12-5-2-1-3-6-12/h1-3,5-6H,4,7-11H2,(H,21,22). The molecular formula is C15H18F3NO3. The van der Waals surface area contributed by atoms with E-state index in [1.165, 1.54) is 4.90 Å². The van der Waals surface area contributed by atoms with Crippen LogP contribution in [-0.2, 0) is 16.1 Å². The van der Waals surface area contributed by atoms with E-state index in [-0.39, 0.29) is 25.9 Å². The molecule has 7 heteroatoms. The third-order valence-electron chi connectivity index (χ3n) is 3.01. The summed E-state index contributed by atoms with van der Waals surface area (Å²) in [5.74, 6) is -1.62. The SMILES string of the molecule is O=C(O)CCCN(Cc1ccccc1)C(=O)CCC(F)(F)F. The zero-order valence-electron chi connectivity index (χ0n) is 12.0. The summed E-state index contributed by atoms with van der Waals surface area (Å²) in [5, 5.41) is 8.61. The van der Waals surface area contributed by atoms with Crippen LogP contribution in [0.15, 0.2) is 30.3 Å². The van der Waals surface area contributed by atoms with Crippen LogP contribution in [0.5, 0.6) is 0 Å². The fourth-order valence-electron chi connectivity index (χ4n) is 1.92. The molecular weight excluding hydrogens is 299 g/mol. The lowest BCUT2D eigenvalue weighted by atomic mass is 10.1. The number of carboxylic acid groups (broad SMARTS) is 1. The molecule has 4 nitrogen and oxygen atoms in total. The molecule has 0 atom stereocenters. The molecule has 0 fully saturated rings. The van der Waals surface area contributed by atoms with Crippen molar-refractivity contribution in [2.75, 3.05) is 6.54 Å². The van der Waals surface area contributed by atoms with E-state index in [2.05, 4.69) is 0 Å². The van der Waals surface area contributed by atoms with Crippen molar-refractivity contribution >= 4 is 11.9 Å². The number of carbonyl (C=O) groups is 2. The number of hydrogen-bond donors (Lipinski definition) is 1. The van der Waals surface area contributed by atoms with Crippen LogP contribution in [0.2, 0.25) is 0 Å². The van der Waals surface area contributed by atoms with Gasteiger partial charge in [0, 0.05) is 25.9 Å². The normalized spacial score (nSPS) is 11.2. The Balaban J connectivity index is 2.64. The molecule has 122 valence electrons. The lowest BCUT2D eigenvalue weighted by Crippen LogP contribution is -2.32. The highest BCUT2D eigenvalue weighted by Crippen LogP contribution is 2.22. The average molecular weight is 317 g/mol. The molecule has 0 aliphatic carbocycles. The monoisotopic (exact) mass is 317 g/mol. The lowest BCUT2D eigenvalue weighted by molar-refractivity contribution is -0.149. The summed E-state index contributed by atoms with van der Waals surface area (Å²) in [6.07, 6.45) is -6.09. The molecule has 0 heterocycles. The van der Waals surface area contributed by atoms with Gasteiger partial charge in [0.1, 0.15) is 0 Å². The Morgan fingerprint density at radius 3 is 2.27 bits per heavy atom. The number of alkyl halides is 3. The van der Waals surface area contributed by atoms with Gasteiger partial charge in [-0.15, -0.1) is 0 Å². The molecule has 0 aliphatic rings. The number of amides is 1. The topological polar surface area (TPSA) is 57.6 Å². The number of carboxylic acids is 1. The van der Waals surface area contributed by atoms with Crippen molar-refractivity contribution in [3.8, 4) is 0 Å². The lowest BCUT2D eigenvalue weighted by Gasteiger charge is -2.23. The summed E-state index contributed by atoms with van der Waals surface area (Å²) in [6, 6.07) is 8.86. The molecule has 0 bridgehead atoms. The number of aliphatic carboxylic acids is 1. The molecule has 0 aliphatic heterocycles. The molecule has 0 unspecified atom stereocenters. The average Bonchev–Trinajstić information content (AvgIpc) is 2.43. The van der Waals surface area contributed by atoms with Crippen molar-refractivity contribution in [1.82, 2.24) is 4.90 Å².